The van der Waals surface area contributed by atoms with E-state index in [-0.39, 0.29) is 0 Å². The van der Waals surface area contributed by atoms with Crippen molar-refractivity contribution in [3.63, 3.8) is 0 Å². The number of oxazole rings is 1. The maximum absolute atomic E-state index is 6.03. The van der Waals surface area contributed by atoms with E-state index in [1.807, 2.05) is 62.2 Å². The highest BCUT2D eigenvalue weighted by molar-refractivity contribution is 6.30. The summed E-state index contributed by atoms with van der Waals surface area (Å²) in [6.07, 6.45) is 3.75. The van der Waals surface area contributed by atoms with Crippen LogP contribution in [0.4, 0.5) is 0 Å². The SMILES string of the molecule is Cc1oc(-c2cccc(Cl)c2)nc1CN(C)Cc1nccn1C. The highest BCUT2D eigenvalue weighted by Crippen LogP contribution is 2.24. The van der Waals surface area contributed by atoms with Crippen molar-refractivity contribution in [2.45, 2.75) is 20.0 Å². The van der Waals surface area contributed by atoms with Crippen LogP contribution in [-0.4, -0.2) is 26.5 Å². The normalized spacial score (nSPS) is 11.3. The van der Waals surface area contributed by atoms with Gasteiger partial charge in [0, 0.05) is 36.6 Å². The molecule has 0 aliphatic carbocycles. The second-order valence-electron chi connectivity index (χ2n) is 5.66. The van der Waals surface area contributed by atoms with E-state index in [1.165, 1.54) is 0 Å². The van der Waals surface area contributed by atoms with Gasteiger partial charge in [-0.2, -0.15) is 0 Å². The molecule has 0 aliphatic heterocycles. The van der Waals surface area contributed by atoms with E-state index in [9.17, 15) is 0 Å². The molecule has 0 unspecified atom stereocenters. The van der Waals surface area contributed by atoms with E-state index in [4.69, 9.17) is 16.0 Å². The number of benzene rings is 1. The predicted octanol–water partition coefficient (Wildman–Crippen LogP) is 3.67. The number of imidazole rings is 1. The molecule has 0 N–H and O–H groups in total. The van der Waals surface area contributed by atoms with Crippen molar-refractivity contribution in [1.29, 1.82) is 0 Å². The summed E-state index contributed by atoms with van der Waals surface area (Å²) in [7, 11) is 4.04. The van der Waals surface area contributed by atoms with Crippen LogP contribution in [-0.2, 0) is 20.1 Å². The Morgan fingerprint density at radius 1 is 1.30 bits per heavy atom. The number of aromatic nitrogens is 3. The highest BCUT2D eigenvalue weighted by Gasteiger charge is 2.14. The monoisotopic (exact) mass is 330 g/mol. The second-order valence-corrected chi connectivity index (χ2v) is 6.10. The minimum atomic E-state index is 0.602. The van der Waals surface area contributed by atoms with Gasteiger partial charge in [-0.1, -0.05) is 17.7 Å². The zero-order valence-corrected chi connectivity index (χ0v) is 14.2. The van der Waals surface area contributed by atoms with Crippen molar-refractivity contribution in [3.8, 4) is 11.5 Å². The largest absolute Gasteiger partial charge is 0.441 e. The summed E-state index contributed by atoms with van der Waals surface area (Å²) in [5, 5.41) is 0.673. The first-order valence-electron chi connectivity index (χ1n) is 7.40. The van der Waals surface area contributed by atoms with Gasteiger partial charge in [0.25, 0.3) is 0 Å². The molecule has 6 heteroatoms. The smallest absolute Gasteiger partial charge is 0.226 e. The average molecular weight is 331 g/mol. The molecule has 0 saturated carbocycles. The maximum atomic E-state index is 6.03. The maximum Gasteiger partial charge on any atom is 0.226 e. The van der Waals surface area contributed by atoms with E-state index in [2.05, 4.69) is 14.9 Å². The predicted molar refractivity (Wildman–Crippen MR) is 90.1 cm³/mol. The van der Waals surface area contributed by atoms with Gasteiger partial charge in [-0.05, 0) is 32.2 Å². The highest BCUT2D eigenvalue weighted by atomic mass is 35.5. The summed E-state index contributed by atoms with van der Waals surface area (Å²) in [6.45, 7) is 3.38. The zero-order chi connectivity index (χ0) is 16.4. The van der Waals surface area contributed by atoms with E-state index >= 15 is 0 Å². The molecule has 1 aromatic carbocycles. The molecule has 3 aromatic rings. The molecule has 2 heterocycles. The lowest BCUT2D eigenvalue weighted by Gasteiger charge is -2.14. The van der Waals surface area contributed by atoms with E-state index in [0.29, 0.717) is 17.5 Å². The standard InChI is InChI=1S/C17H19ClN4O/c1-12-15(10-21(2)11-16-19-7-8-22(16)3)20-17(23-12)13-5-4-6-14(18)9-13/h4-9H,10-11H2,1-3H3. The first kappa shape index (κ1) is 15.8. The van der Waals surface area contributed by atoms with Gasteiger partial charge in [-0.25, -0.2) is 9.97 Å². The molecule has 23 heavy (non-hydrogen) atoms. The summed E-state index contributed by atoms with van der Waals surface area (Å²) in [5.74, 6) is 2.45. The van der Waals surface area contributed by atoms with Crippen LogP contribution in [0.2, 0.25) is 5.02 Å². The summed E-state index contributed by atoms with van der Waals surface area (Å²) in [4.78, 5) is 11.1. The van der Waals surface area contributed by atoms with E-state index < -0.39 is 0 Å². The summed E-state index contributed by atoms with van der Waals surface area (Å²) in [5.41, 5.74) is 1.82. The number of nitrogens with zero attached hydrogens (tertiary/aromatic N) is 4. The van der Waals surface area contributed by atoms with Crippen molar-refractivity contribution >= 4 is 11.6 Å². The Labute approximate surface area is 140 Å². The molecule has 120 valence electrons. The van der Waals surface area contributed by atoms with Crippen LogP contribution in [0.1, 0.15) is 17.3 Å². The van der Waals surface area contributed by atoms with Crippen molar-refractivity contribution in [3.05, 3.63) is 59.0 Å². The van der Waals surface area contributed by atoms with Gasteiger partial charge in [-0.3, -0.25) is 4.90 Å². The van der Waals surface area contributed by atoms with Gasteiger partial charge in [0.05, 0.1) is 12.2 Å². The molecular formula is C17H19ClN4O. The average Bonchev–Trinajstić information content (AvgIpc) is 3.06. The molecule has 0 fully saturated rings. The summed E-state index contributed by atoms with van der Waals surface area (Å²) >= 11 is 6.03. The Kier molecular flexibility index (Phi) is 4.50. The Balaban J connectivity index is 1.75. The second kappa shape index (κ2) is 6.56. The minimum Gasteiger partial charge on any atom is -0.441 e. The Bertz CT molecular complexity index is 809. The molecule has 2 aromatic heterocycles. The fourth-order valence-electron chi connectivity index (χ4n) is 2.42. The van der Waals surface area contributed by atoms with Crippen LogP contribution in [0, 0.1) is 6.92 Å². The molecule has 0 aliphatic rings. The number of hydrogen-bond donors (Lipinski definition) is 0. The molecule has 5 nitrogen and oxygen atoms in total. The summed E-state index contributed by atoms with van der Waals surface area (Å²) < 4.78 is 7.82. The van der Waals surface area contributed by atoms with Crippen molar-refractivity contribution in [2.75, 3.05) is 7.05 Å². The third kappa shape index (κ3) is 3.63. The summed E-state index contributed by atoms with van der Waals surface area (Å²) in [6, 6.07) is 7.53. The van der Waals surface area contributed by atoms with Crippen LogP contribution in [0.3, 0.4) is 0 Å². The number of rotatable bonds is 5. The van der Waals surface area contributed by atoms with Gasteiger partial charge in [0.15, 0.2) is 0 Å². The van der Waals surface area contributed by atoms with Crippen LogP contribution >= 0.6 is 11.6 Å². The Hall–Kier alpha value is -2.11. The first-order chi connectivity index (χ1) is 11.0. The van der Waals surface area contributed by atoms with Crippen LogP contribution in [0.5, 0.6) is 0 Å². The first-order valence-corrected chi connectivity index (χ1v) is 7.77. The van der Waals surface area contributed by atoms with Gasteiger partial charge >= 0.3 is 0 Å². The van der Waals surface area contributed by atoms with Crippen LogP contribution < -0.4 is 0 Å². The van der Waals surface area contributed by atoms with E-state index in [0.717, 1.165) is 29.4 Å². The topological polar surface area (TPSA) is 47.1 Å². The molecule has 0 saturated heterocycles. The Morgan fingerprint density at radius 2 is 2.13 bits per heavy atom. The quantitative estimate of drug-likeness (QED) is 0.716. The van der Waals surface area contributed by atoms with E-state index in [1.54, 1.807) is 0 Å². The number of halogens is 1. The lowest BCUT2D eigenvalue weighted by atomic mass is 10.2. The lowest BCUT2D eigenvalue weighted by molar-refractivity contribution is 0.302. The third-order valence-corrected chi connectivity index (χ3v) is 3.95. The number of aryl methyl sites for hydroxylation is 2. The minimum absolute atomic E-state index is 0.602. The molecule has 0 amide bonds. The van der Waals surface area contributed by atoms with Gasteiger partial charge in [0.2, 0.25) is 5.89 Å². The fraction of sp³-hybridized carbons (Fsp3) is 0.294. The molecule has 0 atom stereocenters. The fourth-order valence-corrected chi connectivity index (χ4v) is 2.61. The molecule has 0 bridgehead atoms. The Morgan fingerprint density at radius 3 is 2.83 bits per heavy atom. The number of hydrogen-bond acceptors (Lipinski definition) is 4. The molecule has 0 spiro atoms. The van der Waals surface area contributed by atoms with Gasteiger partial charge in [0.1, 0.15) is 11.6 Å². The third-order valence-electron chi connectivity index (χ3n) is 3.72. The molecular weight excluding hydrogens is 312 g/mol. The van der Waals surface area contributed by atoms with Crippen molar-refractivity contribution in [2.24, 2.45) is 7.05 Å². The van der Waals surface area contributed by atoms with Gasteiger partial charge < -0.3 is 8.98 Å². The van der Waals surface area contributed by atoms with Crippen molar-refractivity contribution in [1.82, 2.24) is 19.4 Å². The van der Waals surface area contributed by atoms with Crippen LogP contribution in [0.25, 0.3) is 11.5 Å². The molecule has 0 radical (unpaired) electrons. The van der Waals surface area contributed by atoms with Crippen molar-refractivity contribution < 1.29 is 4.42 Å². The van der Waals surface area contributed by atoms with Gasteiger partial charge in [-0.15, -0.1) is 0 Å². The lowest BCUT2D eigenvalue weighted by Crippen LogP contribution is -2.20. The zero-order valence-electron chi connectivity index (χ0n) is 13.5. The molecule has 3 rings (SSSR count). The van der Waals surface area contributed by atoms with Crippen LogP contribution in [0.15, 0.2) is 41.1 Å².